The lowest BCUT2D eigenvalue weighted by Crippen LogP contribution is -2.24. The molecule has 0 spiro atoms. The molecular weight excluding hydrogens is 136 g/mol. The van der Waals surface area contributed by atoms with E-state index in [-0.39, 0.29) is 12.9 Å². The minimum atomic E-state index is -0.588. The van der Waals surface area contributed by atoms with Crippen molar-refractivity contribution in [2.75, 3.05) is 13.7 Å². The van der Waals surface area contributed by atoms with Crippen LogP contribution in [0.5, 0.6) is 0 Å². The summed E-state index contributed by atoms with van der Waals surface area (Å²) in [6.07, 6.45) is -0.964. The standard InChI is InChI=1S/C6H12O4/c1-9-6-2-4(8)5(3-7)10-6/h4-8H,2-3H2,1H3/t4-,5+,6+/m1/s1. The van der Waals surface area contributed by atoms with Crippen molar-refractivity contribution in [3.8, 4) is 0 Å². The fraction of sp³-hybridized carbons (Fsp3) is 1.00. The minimum absolute atomic E-state index is 0.152. The van der Waals surface area contributed by atoms with Crippen molar-refractivity contribution in [2.45, 2.75) is 24.9 Å². The van der Waals surface area contributed by atoms with Gasteiger partial charge in [-0.1, -0.05) is 0 Å². The summed E-state index contributed by atoms with van der Waals surface area (Å²) in [7, 11) is 1.51. The molecule has 1 aliphatic heterocycles. The zero-order valence-electron chi connectivity index (χ0n) is 5.86. The van der Waals surface area contributed by atoms with E-state index in [1.165, 1.54) is 7.11 Å². The molecule has 0 radical (unpaired) electrons. The summed E-state index contributed by atoms with van der Waals surface area (Å²) in [4.78, 5) is 0. The number of rotatable bonds is 2. The third kappa shape index (κ3) is 1.46. The second-order valence-corrected chi connectivity index (χ2v) is 2.33. The van der Waals surface area contributed by atoms with Crippen molar-refractivity contribution >= 4 is 0 Å². The van der Waals surface area contributed by atoms with Gasteiger partial charge in [-0.15, -0.1) is 0 Å². The van der Waals surface area contributed by atoms with Gasteiger partial charge in [0.1, 0.15) is 6.10 Å². The highest BCUT2D eigenvalue weighted by Gasteiger charge is 2.32. The van der Waals surface area contributed by atoms with Gasteiger partial charge in [-0.3, -0.25) is 0 Å². The fourth-order valence-electron chi connectivity index (χ4n) is 1.01. The summed E-state index contributed by atoms with van der Waals surface area (Å²) in [6.45, 7) is -0.152. The Hall–Kier alpha value is -0.160. The molecule has 0 aromatic carbocycles. The minimum Gasteiger partial charge on any atom is -0.394 e. The van der Waals surface area contributed by atoms with Gasteiger partial charge >= 0.3 is 0 Å². The summed E-state index contributed by atoms with van der Waals surface area (Å²) < 4.78 is 9.87. The van der Waals surface area contributed by atoms with E-state index in [0.29, 0.717) is 6.42 Å². The van der Waals surface area contributed by atoms with Gasteiger partial charge in [0.05, 0.1) is 12.7 Å². The molecule has 3 atom stereocenters. The van der Waals surface area contributed by atoms with E-state index in [2.05, 4.69) is 0 Å². The van der Waals surface area contributed by atoms with Gasteiger partial charge in [0.2, 0.25) is 0 Å². The van der Waals surface area contributed by atoms with Crippen molar-refractivity contribution in [1.82, 2.24) is 0 Å². The molecule has 10 heavy (non-hydrogen) atoms. The van der Waals surface area contributed by atoms with Gasteiger partial charge < -0.3 is 19.7 Å². The summed E-state index contributed by atoms with van der Waals surface area (Å²) in [5.74, 6) is 0. The zero-order valence-corrected chi connectivity index (χ0v) is 5.86. The molecule has 0 bridgehead atoms. The van der Waals surface area contributed by atoms with Gasteiger partial charge in [0.15, 0.2) is 6.29 Å². The molecule has 0 aromatic rings. The summed E-state index contributed by atoms with van der Waals surface area (Å²) >= 11 is 0. The molecular formula is C6H12O4. The van der Waals surface area contributed by atoms with Crippen LogP contribution < -0.4 is 0 Å². The van der Waals surface area contributed by atoms with Crippen molar-refractivity contribution in [1.29, 1.82) is 0 Å². The van der Waals surface area contributed by atoms with Crippen molar-refractivity contribution < 1.29 is 19.7 Å². The van der Waals surface area contributed by atoms with Crippen LogP contribution in [0.4, 0.5) is 0 Å². The second kappa shape index (κ2) is 3.30. The van der Waals surface area contributed by atoms with Gasteiger partial charge in [-0.2, -0.15) is 0 Å². The third-order valence-electron chi connectivity index (χ3n) is 1.63. The average molecular weight is 148 g/mol. The molecule has 0 aliphatic carbocycles. The average Bonchev–Trinajstić information content (AvgIpc) is 2.30. The van der Waals surface area contributed by atoms with E-state index in [4.69, 9.17) is 19.7 Å². The molecule has 0 amide bonds. The summed E-state index contributed by atoms with van der Waals surface area (Å²) in [6, 6.07) is 0. The molecule has 1 aliphatic rings. The first-order chi connectivity index (χ1) is 4.77. The van der Waals surface area contributed by atoms with Gasteiger partial charge in [0.25, 0.3) is 0 Å². The van der Waals surface area contributed by atoms with Crippen molar-refractivity contribution in [2.24, 2.45) is 0 Å². The van der Waals surface area contributed by atoms with Crippen LogP contribution in [0.2, 0.25) is 0 Å². The van der Waals surface area contributed by atoms with E-state index in [9.17, 15) is 0 Å². The van der Waals surface area contributed by atoms with Crippen LogP contribution in [0.25, 0.3) is 0 Å². The Morgan fingerprint density at radius 3 is 2.70 bits per heavy atom. The first kappa shape index (κ1) is 7.94. The number of hydrogen-bond donors (Lipinski definition) is 2. The molecule has 0 saturated carbocycles. The van der Waals surface area contributed by atoms with E-state index < -0.39 is 12.2 Å². The molecule has 1 fully saturated rings. The molecule has 4 nitrogen and oxygen atoms in total. The number of aliphatic hydroxyl groups is 2. The van der Waals surface area contributed by atoms with Crippen LogP contribution in [0, 0.1) is 0 Å². The Morgan fingerprint density at radius 2 is 2.40 bits per heavy atom. The highest BCUT2D eigenvalue weighted by atomic mass is 16.7. The molecule has 4 heteroatoms. The molecule has 0 unspecified atom stereocenters. The highest BCUT2D eigenvalue weighted by molar-refractivity contribution is 4.76. The number of aliphatic hydroxyl groups excluding tert-OH is 2. The van der Waals surface area contributed by atoms with E-state index in [1.54, 1.807) is 0 Å². The normalized spacial score (nSPS) is 40.5. The number of methoxy groups -OCH3 is 1. The highest BCUT2D eigenvalue weighted by Crippen LogP contribution is 2.19. The summed E-state index contributed by atoms with van der Waals surface area (Å²) in [5, 5.41) is 17.7. The van der Waals surface area contributed by atoms with E-state index >= 15 is 0 Å². The van der Waals surface area contributed by atoms with Crippen molar-refractivity contribution in [3.05, 3.63) is 0 Å². The Morgan fingerprint density at radius 1 is 1.70 bits per heavy atom. The predicted octanol–water partition coefficient (Wildman–Crippen LogP) is -0.899. The first-order valence-electron chi connectivity index (χ1n) is 3.25. The van der Waals surface area contributed by atoms with E-state index in [0.717, 1.165) is 0 Å². The van der Waals surface area contributed by atoms with Gasteiger partial charge in [0, 0.05) is 13.5 Å². The van der Waals surface area contributed by atoms with Crippen LogP contribution in [0.3, 0.4) is 0 Å². The quantitative estimate of drug-likeness (QED) is 0.533. The van der Waals surface area contributed by atoms with Crippen LogP contribution in [0.1, 0.15) is 6.42 Å². The van der Waals surface area contributed by atoms with Crippen LogP contribution in [-0.4, -0.2) is 42.4 Å². The van der Waals surface area contributed by atoms with Crippen LogP contribution in [-0.2, 0) is 9.47 Å². The van der Waals surface area contributed by atoms with Gasteiger partial charge in [-0.05, 0) is 0 Å². The Bertz CT molecular complexity index is 106. The van der Waals surface area contributed by atoms with Crippen LogP contribution >= 0.6 is 0 Å². The SMILES string of the molecule is CO[C@@H]1C[C@@H](O)[C@H](CO)O1. The molecule has 1 saturated heterocycles. The summed E-state index contributed by atoms with van der Waals surface area (Å²) in [5.41, 5.74) is 0. The maximum atomic E-state index is 9.13. The molecule has 60 valence electrons. The lowest BCUT2D eigenvalue weighted by molar-refractivity contribution is -0.127. The maximum absolute atomic E-state index is 9.13. The van der Waals surface area contributed by atoms with Crippen LogP contribution in [0.15, 0.2) is 0 Å². The maximum Gasteiger partial charge on any atom is 0.160 e. The Balaban J connectivity index is 2.36. The number of ether oxygens (including phenoxy) is 2. The topological polar surface area (TPSA) is 58.9 Å². The first-order valence-corrected chi connectivity index (χ1v) is 3.25. The lowest BCUT2D eigenvalue weighted by atomic mass is 10.2. The second-order valence-electron chi connectivity index (χ2n) is 2.33. The molecule has 1 rings (SSSR count). The fourth-order valence-corrected chi connectivity index (χ4v) is 1.01. The Labute approximate surface area is 59.4 Å². The van der Waals surface area contributed by atoms with E-state index in [1.807, 2.05) is 0 Å². The lowest BCUT2D eigenvalue weighted by Gasteiger charge is -2.09. The van der Waals surface area contributed by atoms with Crippen molar-refractivity contribution in [3.63, 3.8) is 0 Å². The van der Waals surface area contributed by atoms with Gasteiger partial charge in [-0.25, -0.2) is 0 Å². The third-order valence-corrected chi connectivity index (χ3v) is 1.63. The molecule has 0 aromatic heterocycles. The number of hydrogen-bond acceptors (Lipinski definition) is 4. The monoisotopic (exact) mass is 148 g/mol. The zero-order chi connectivity index (χ0) is 7.56. The Kier molecular flexibility index (Phi) is 2.62. The largest absolute Gasteiger partial charge is 0.394 e. The molecule has 2 N–H and O–H groups in total. The smallest absolute Gasteiger partial charge is 0.160 e. The predicted molar refractivity (Wildman–Crippen MR) is 33.4 cm³/mol. The molecule has 1 heterocycles.